The third kappa shape index (κ3) is 4.86. The molecule has 0 aromatic heterocycles. The number of amides is 1. The number of hydrogen-bond acceptors (Lipinski definition) is 2. The van der Waals surface area contributed by atoms with Gasteiger partial charge in [0.1, 0.15) is 0 Å². The molecule has 116 valence electrons. The smallest absolute Gasteiger partial charge is 0.251 e. The second-order valence-corrected chi connectivity index (χ2v) is 5.53. The van der Waals surface area contributed by atoms with Crippen LogP contribution in [0.25, 0.3) is 0 Å². The number of carbonyl (C=O) groups excluding carboxylic acids is 1. The van der Waals surface area contributed by atoms with Crippen LogP contribution in [0.1, 0.15) is 35.3 Å². The molecule has 0 aliphatic rings. The van der Waals surface area contributed by atoms with Crippen LogP contribution in [0, 0.1) is 0 Å². The summed E-state index contributed by atoms with van der Waals surface area (Å²) in [6.07, 6.45) is 0.965. The lowest BCUT2D eigenvalue weighted by Gasteiger charge is -2.18. The van der Waals surface area contributed by atoms with Crippen molar-refractivity contribution >= 4 is 17.5 Å². The summed E-state index contributed by atoms with van der Waals surface area (Å²) < 4.78 is 0. The molecule has 3 nitrogen and oxygen atoms in total. The van der Waals surface area contributed by atoms with Crippen LogP contribution < -0.4 is 10.6 Å². The molecule has 22 heavy (non-hydrogen) atoms. The number of hydrogen-bond donors (Lipinski definition) is 2. The van der Waals surface area contributed by atoms with Gasteiger partial charge in [0.25, 0.3) is 5.91 Å². The lowest BCUT2D eigenvalue weighted by atomic mass is 10.0. The van der Waals surface area contributed by atoms with Gasteiger partial charge in [0.2, 0.25) is 0 Å². The van der Waals surface area contributed by atoms with Crippen molar-refractivity contribution in [3.63, 3.8) is 0 Å². The molecular weight excluding hydrogens is 296 g/mol. The molecular formula is C18H21ClN2O. The maximum atomic E-state index is 11.9. The first-order chi connectivity index (χ1) is 10.7. The van der Waals surface area contributed by atoms with Gasteiger partial charge in [-0.25, -0.2) is 0 Å². The summed E-state index contributed by atoms with van der Waals surface area (Å²) in [5, 5.41) is 7.11. The van der Waals surface area contributed by atoms with Crippen molar-refractivity contribution in [2.75, 3.05) is 13.1 Å². The fourth-order valence-electron chi connectivity index (χ4n) is 2.34. The molecule has 0 aliphatic heterocycles. The summed E-state index contributed by atoms with van der Waals surface area (Å²) in [5.74, 6) is -0.0433. The highest BCUT2D eigenvalue weighted by Crippen LogP contribution is 2.19. The van der Waals surface area contributed by atoms with Crippen LogP contribution in [0.5, 0.6) is 0 Å². The highest BCUT2D eigenvalue weighted by Gasteiger charge is 2.09. The predicted molar refractivity (Wildman–Crippen MR) is 91.3 cm³/mol. The highest BCUT2D eigenvalue weighted by atomic mass is 35.5. The van der Waals surface area contributed by atoms with Gasteiger partial charge in [0.15, 0.2) is 0 Å². The van der Waals surface area contributed by atoms with Crippen molar-refractivity contribution in [3.8, 4) is 0 Å². The maximum absolute atomic E-state index is 11.9. The van der Waals surface area contributed by atoms with Crippen molar-refractivity contribution in [2.45, 2.75) is 19.4 Å². The molecule has 0 fully saturated rings. The number of rotatable bonds is 7. The van der Waals surface area contributed by atoms with Crippen LogP contribution in [0.4, 0.5) is 0 Å². The number of halogens is 1. The van der Waals surface area contributed by atoms with Crippen LogP contribution in [-0.2, 0) is 0 Å². The molecule has 0 saturated heterocycles. The van der Waals surface area contributed by atoms with Gasteiger partial charge in [-0.1, -0.05) is 48.9 Å². The molecule has 1 atom stereocenters. The summed E-state index contributed by atoms with van der Waals surface area (Å²) in [7, 11) is 0. The van der Waals surface area contributed by atoms with Crippen LogP contribution in [-0.4, -0.2) is 19.0 Å². The molecule has 4 heteroatoms. The fraction of sp³-hybridized carbons (Fsp3) is 0.278. The number of benzene rings is 2. The van der Waals surface area contributed by atoms with E-state index in [1.54, 1.807) is 0 Å². The first-order valence-electron chi connectivity index (χ1n) is 7.52. The fourth-order valence-corrected chi connectivity index (χ4v) is 2.53. The van der Waals surface area contributed by atoms with Crippen LogP contribution in [0.2, 0.25) is 5.02 Å². The summed E-state index contributed by atoms with van der Waals surface area (Å²) in [6, 6.07) is 17.4. The Balaban J connectivity index is 1.79. The Hall–Kier alpha value is -1.84. The molecule has 1 amide bonds. The van der Waals surface area contributed by atoms with E-state index in [-0.39, 0.29) is 11.9 Å². The predicted octanol–water partition coefficient (Wildman–Crippen LogP) is 3.81. The van der Waals surface area contributed by atoms with E-state index in [4.69, 9.17) is 11.6 Å². The Labute approximate surface area is 136 Å². The van der Waals surface area contributed by atoms with E-state index in [9.17, 15) is 4.79 Å². The Bertz CT molecular complexity index is 601. The Morgan fingerprint density at radius 1 is 1.09 bits per heavy atom. The maximum Gasteiger partial charge on any atom is 0.251 e. The Morgan fingerprint density at radius 2 is 1.86 bits per heavy atom. The van der Waals surface area contributed by atoms with E-state index in [0.717, 1.165) is 11.4 Å². The standard InChI is InChI=1S/C18H21ClN2O/c1-2-17(15-9-6-10-16(19)13-15)20-11-12-21-18(22)14-7-4-3-5-8-14/h3-10,13,17,20H,2,11-12H2,1H3,(H,21,22). The van der Waals surface area contributed by atoms with Gasteiger partial charge in [-0.05, 0) is 36.2 Å². The molecule has 0 radical (unpaired) electrons. The zero-order chi connectivity index (χ0) is 15.8. The van der Waals surface area contributed by atoms with Crippen molar-refractivity contribution in [3.05, 3.63) is 70.7 Å². The zero-order valence-electron chi connectivity index (χ0n) is 12.7. The van der Waals surface area contributed by atoms with E-state index < -0.39 is 0 Å². The second kappa shape index (κ2) is 8.57. The molecule has 0 aliphatic carbocycles. The normalized spacial score (nSPS) is 11.9. The number of nitrogens with one attached hydrogen (secondary N) is 2. The van der Waals surface area contributed by atoms with Gasteiger partial charge in [-0.3, -0.25) is 4.79 Å². The van der Waals surface area contributed by atoms with Gasteiger partial charge in [-0.2, -0.15) is 0 Å². The highest BCUT2D eigenvalue weighted by molar-refractivity contribution is 6.30. The summed E-state index contributed by atoms with van der Waals surface area (Å²) >= 11 is 6.03. The molecule has 0 spiro atoms. The van der Waals surface area contributed by atoms with Crippen molar-refractivity contribution in [1.29, 1.82) is 0 Å². The van der Waals surface area contributed by atoms with Crippen molar-refractivity contribution in [2.24, 2.45) is 0 Å². The van der Waals surface area contributed by atoms with Gasteiger partial charge in [0, 0.05) is 29.7 Å². The molecule has 0 bridgehead atoms. The quantitative estimate of drug-likeness (QED) is 0.763. The Morgan fingerprint density at radius 3 is 2.55 bits per heavy atom. The summed E-state index contributed by atoms with van der Waals surface area (Å²) in [4.78, 5) is 11.9. The Kier molecular flexibility index (Phi) is 6.44. The van der Waals surface area contributed by atoms with E-state index in [0.29, 0.717) is 18.7 Å². The average Bonchev–Trinajstić information content (AvgIpc) is 2.55. The van der Waals surface area contributed by atoms with Crippen LogP contribution in [0.15, 0.2) is 54.6 Å². The largest absolute Gasteiger partial charge is 0.351 e. The first kappa shape index (κ1) is 16.5. The van der Waals surface area contributed by atoms with Crippen LogP contribution >= 0.6 is 11.6 Å². The second-order valence-electron chi connectivity index (χ2n) is 5.09. The first-order valence-corrected chi connectivity index (χ1v) is 7.90. The molecule has 0 saturated carbocycles. The van der Waals surface area contributed by atoms with Crippen LogP contribution in [0.3, 0.4) is 0 Å². The SMILES string of the molecule is CCC(NCCNC(=O)c1ccccc1)c1cccc(Cl)c1. The topological polar surface area (TPSA) is 41.1 Å². The van der Waals surface area contributed by atoms with E-state index in [2.05, 4.69) is 23.6 Å². The summed E-state index contributed by atoms with van der Waals surface area (Å²) in [6.45, 7) is 3.43. The molecule has 1 unspecified atom stereocenters. The monoisotopic (exact) mass is 316 g/mol. The van der Waals surface area contributed by atoms with Crippen molar-refractivity contribution < 1.29 is 4.79 Å². The van der Waals surface area contributed by atoms with Gasteiger partial charge in [-0.15, -0.1) is 0 Å². The van der Waals surface area contributed by atoms with Gasteiger partial charge in [0.05, 0.1) is 0 Å². The van der Waals surface area contributed by atoms with E-state index in [1.165, 1.54) is 5.56 Å². The van der Waals surface area contributed by atoms with Crippen molar-refractivity contribution in [1.82, 2.24) is 10.6 Å². The molecule has 0 heterocycles. The molecule has 2 N–H and O–H groups in total. The molecule has 2 rings (SSSR count). The minimum atomic E-state index is -0.0433. The third-order valence-corrected chi connectivity index (χ3v) is 3.73. The molecule has 2 aromatic rings. The van der Waals surface area contributed by atoms with E-state index >= 15 is 0 Å². The number of carbonyl (C=O) groups is 1. The van der Waals surface area contributed by atoms with E-state index in [1.807, 2.05) is 48.5 Å². The minimum absolute atomic E-state index is 0.0433. The zero-order valence-corrected chi connectivity index (χ0v) is 13.4. The third-order valence-electron chi connectivity index (χ3n) is 3.50. The lowest BCUT2D eigenvalue weighted by Crippen LogP contribution is -2.33. The van der Waals surface area contributed by atoms with Gasteiger partial charge < -0.3 is 10.6 Å². The average molecular weight is 317 g/mol. The molecule has 2 aromatic carbocycles. The van der Waals surface area contributed by atoms with Gasteiger partial charge >= 0.3 is 0 Å². The minimum Gasteiger partial charge on any atom is -0.351 e. The summed E-state index contributed by atoms with van der Waals surface area (Å²) in [5.41, 5.74) is 1.86. The lowest BCUT2D eigenvalue weighted by molar-refractivity contribution is 0.0953.